The zero-order valence-corrected chi connectivity index (χ0v) is 6.18. The molecule has 0 atom stereocenters. The summed E-state index contributed by atoms with van der Waals surface area (Å²) in [5.74, 6) is -0.0315. The number of aliphatic hydroxyl groups excluding tert-OH is 1. The van der Waals surface area contributed by atoms with E-state index in [1.54, 1.807) is 0 Å². The van der Waals surface area contributed by atoms with Gasteiger partial charge in [0.25, 0.3) is 0 Å². The first kappa shape index (κ1) is 9.39. The Morgan fingerprint density at radius 1 is 1.60 bits per heavy atom. The van der Waals surface area contributed by atoms with E-state index in [1.165, 1.54) is 0 Å². The fraction of sp³-hybridized carbons (Fsp3) is 0.833. The minimum absolute atomic E-state index is 0.0315. The smallest absolute Gasteiger partial charge is 0.233 e. The second-order valence-corrected chi connectivity index (χ2v) is 1.85. The molecule has 0 bridgehead atoms. The molecule has 0 fully saturated rings. The SMILES string of the molecule is CCNC(=O)CNCCO. The fourth-order valence-corrected chi connectivity index (χ4v) is 0.541. The molecule has 4 heteroatoms. The highest BCUT2D eigenvalue weighted by atomic mass is 16.3. The van der Waals surface area contributed by atoms with E-state index in [0.29, 0.717) is 13.1 Å². The molecule has 1 amide bonds. The Bertz CT molecular complexity index is 95.7. The van der Waals surface area contributed by atoms with Crippen LogP contribution in [-0.2, 0) is 4.79 Å². The molecule has 0 aliphatic rings. The van der Waals surface area contributed by atoms with E-state index in [4.69, 9.17) is 5.11 Å². The molecule has 0 heterocycles. The second-order valence-electron chi connectivity index (χ2n) is 1.85. The number of hydrogen-bond acceptors (Lipinski definition) is 3. The van der Waals surface area contributed by atoms with E-state index < -0.39 is 0 Å². The molecule has 60 valence electrons. The van der Waals surface area contributed by atoms with Gasteiger partial charge in [-0.2, -0.15) is 0 Å². The lowest BCUT2D eigenvalue weighted by atomic mass is 10.5. The molecule has 0 saturated heterocycles. The van der Waals surface area contributed by atoms with Crippen molar-refractivity contribution in [3.8, 4) is 0 Å². The van der Waals surface area contributed by atoms with Crippen molar-refractivity contribution in [1.29, 1.82) is 0 Å². The van der Waals surface area contributed by atoms with Gasteiger partial charge in [-0.3, -0.25) is 4.79 Å². The van der Waals surface area contributed by atoms with Crippen molar-refractivity contribution in [1.82, 2.24) is 10.6 Å². The Labute approximate surface area is 60.6 Å². The van der Waals surface area contributed by atoms with Gasteiger partial charge in [-0.25, -0.2) is 0 Å². The first-order valence-electron chi connectivity index (χ1n) is 3.39. The predicted octanol–water partition coefficient (Wildman–Crippen LogP) is -1.30. The van der Waals surface area contributed by atoms with Crippen LogP contribution in [0, 0.1) is 0 Å². The lowest BCUT2D eigenvalue weighted by Gasteiger charge is -2.01. The van der Waals surface area contributed by atoms with E-state index >= 15 is 0 Å². The quantitative estimate of drug-likeness (QED) is 0.423. The molecule has 0 aromatic carbocycles. The monoisotopic (exact) mass is 146 g/mol. The molecule has 3 N–H and O–H groups in total. The third-order valence-electron chi connectivity index (χ3n) is 0.948. The summed E-state index contributed by atoms with van der Waals surface area (Å²) in [5, 5.41) is 13.7. The highest BCUT2D eigenvalue weighted by molar-refractivity contribution is 5.77. The normalized spacial score (nSPS) is 9.40. The van der Waals surface area contributed by atoms with Crippen molar-refractivity contribution in [3.05, 3.63) is 0 Å². The van der Waals surface area contributed by atoms with E-state index in [1.807, 2.05) is 6.92 Å². The first-order valence-corrected chi connectivity index (χ1v) is 3.39. The molecule has 0 aromatic rings. The van der Waals surface area contributed by atoms with Crippen LogP contribution in [0.2, 0.25) is 0 Å². The van der Waals surface area contributed by atoms with Crippen molar-refractivity contribution < 1.29 is 9.90 Å². The average molecular weight is 146 g/mol. The Morgan fingerprint density at radius 3 is 2.80 bits per heavy atom. The van der Waals surface area contributed by atoms with E-state index in [2.05, 4.69) is 10.6 Å². The summed E-state index contributed by atoms with van der Waals surface area (Å²) in [5.41, 5.74) is 0. The van der Waals surface area contributed by atoms with Gasteiger partial charge < -0.3 is 15.7 Å². The summed E-state index contributed by atoms with van der Waals surface area (Å²) in [7, 11) is 0. The van der Waals surface area contributed by atoms with E-state index in [9.17, 15) is 4.79 Å². The van der Waals surface area contributed by atoms with Gasteiger partial charge in [0.15, 0.2) is 0 Å². The van der Waals surface area contributed by atoms with Gasteiger partial charge in [0.2, 0.25) is 5.91 Å². The molecule has 0 rings (SSSR count). The Kier molecular flexibility index (Phi) is 6.11. The molecular weight excluding hydrogens is 132 g/mol. The minimum Gasteiger partial charge on any atom is -0.395 e. The molecule has 0 spiro atoms. The highest BCUT2D eigenvalue weighted by Gasteiger charge is 1.95. The van der Waals surface area contributed by atoms with Gasteiger partial charge in [0.1, 0.15) is 0 Å². The van der Waals surface area contributed by atoms with Crippen LogP contribution in [-0.4, -0.2) is 37.3 Å². The Hall–Kier alpha value is -0.610. The summed E-state index contributed by atoms with van der Waals surface area (Å²) in [6.45, 7) is 3.34. The Morgan fingerprint density at radius 2 is 2.30 bits per heavy atom. The maximum atomic E-state index is 10.7. The van der Waals surface area contributed by atoms with Crippen LogP contribution in [0.25, 0.3) is 0 Å². The van der Waals surface area contributed by atoms with Crippen LogP contribution in [0.15, 0.2) is 0 Å². The molecule has 10 heavy (non-hydrogen) atoms. The van der Waals surface area contributed by atoms with Crippen molar-refractivity contribution in [2.45, 2.75) is 6.92 Å². The van der Waals surface area contributed by atoms with Crippen LogP contribution in [0.5, 0.6) is 0 Å². The largest absolute Gasteiger partial charge is 0.395 e. The number of amides is 1. The van der Waals surface area contributed by atoms with Crippen LogP contribution in [0.3, 0.4) is 0 Å². The number of aliphatic hydroxyl groups is 1. The van der Waals surface area contributed by atoms with E-state index in [0.717, 1.165) is 0 Å². The van der Waals surface area contributed by atoms with Gasteiger partial charge in [-0.05, 0) is 6.92 Å². The molecule has 0 unspecified atom stereocenters. The van der Waals surface area contributed by atoms with Crippen LogP contribution in [0.4, 0.5) is 0 Å². The zero-order chi connectivity index (χ0) is 7.82. The van der Waals surface area contributed by atoms with Crippen LogP contribution >= 0.6 is 0 Å². The first-order chi connectivity index (χ1) is 4.81. The molecule has 0 aromatic heterocycles. The number of carbonyl (C=O) groups excluding carboxylic acids is 1. The van der Waals surface area contributed by atoms with Crippen LogP contribution in [0.1, 0.15) is 6.92 Å². The standard InChI is InChI=1S/C6H14N2O2/c1-2-8-6(10)5-7-3-4-9/h7,9H,2-5H2,1H3,(H,8,10). The summed E-state index contributed by atoms with van der Waals surface area (Å²) in [6.07, 6.45) is 0. The summed E-state index contributed by atoms with van der Waals surface area (Å²) in [4.78, 5) is 10.7. The van der Waals surface area contributed by atoms with Crippen LogP contribution < -0.4 is 10.6 Å². The number of carbonyl (C=O) groups is 1. The summed E-state index contributed by atoms with van der Waals surface area (Å²) >= 11 is 0. The third-order valence-corrected chi connectivity index (χ3v) is 0.948. The third kappa shape index (κ3) is 5.53. The summed E-state index contributed by atoms with van der Waals surface area (Å²) in [6, 6.07) is 0. The fourth-order valence-electron chi connectivity index (χ4n) is 0.541. The molecule has 0 aliphatic heterocycles. The number of rotatable bonds is 5. The topological polar surface area (TPSA) is 61.4 Å². The minimum atomic E-state index is -0.0315. The van der Waals surface area contributed by atoms with Crippen molar-refractivity contribution >= 4 is 5.91 Å². The van der Waals surface area contributed by atoms with Crippen molar-refractivity contribution in [2.75, 3.05) is 26.2 Å². The lowest BCUT2D eigenvalue weighted by molar-refractivity contribution is -0.120. The maximum absolute atomic E-state index is 10.7. The summed E-state index contributed by atoms with van der Waals surface area (Å²) < 4.78 is 0. The number of hydrogen-bond donors (Lipinski definition) is 3. The van der Waals surface area contributed by atoms with Gasteiger partial charge in [-0.1, -0.05) is 0 Å². The maximum Gasteiger partial charge on any atom is 0.233 e. The molecule has 0 aliphatic carbocycles. The molecular formula is C6H14N2O2. The van der Waals surface area contributed by atoms with Crippen molar-refractivity contribution in [2.24, 2.45) is 0 Å². The molecule has 4 nitrogen and oxygen atoms in total. The van der Waals surface area contributed by atoms with Gasteiger partial charge >= 0.3 is 0 Å². The van der Waals surface area contributed by atoms with Gasteiger partial charge in [0, 0.05) is 13.1 Å². The lowest BCUT2D eigenvalue weighted by Crippen LogP contribution is -2.34. The molecule has 0 saturated carbocycles. The zero-order valence-electron chi connectivity index (χ0n) is 6.18. The average Bonchev–Trinajstić information content (AvgIpc) is 1.89. The Balaban J connectivity index is 3.05. The van der Waals surface area contributed by atoms with Crippen molar-refractivity contribution in [3.63, 3.8) is 0 Å². The molecule has 0 radical (unpaired) electrons. The second kappa shape index (κ2) is 6.51. The number of likely N-dealkylation sites (N-methyl/N-ethyl adjacent to an activating group) is 1. The van der Waals surface area contributed by atoms with Gasteiger partial charge in [-0.15, -0.1) is 0 Å². The predicted molar refractivity (Wildman–Crippen MR) is 38.6 cm³/mol. The van der Waals surface area contributed by atoms with E-state index in [-0.39, 0.29) is 19.1 Å². The van der Waals surface area contributed by atoms with Gasteiger partial charge in [0.05, 0.1) is 13.2 Å². The number of nitrogens with one attached hydrogen (secondary N) is 2. The highest BCUT2D eigenvalue weighted by Crippen LogP contribution is 1.62.